The van der Waals surface area contributed by atoms with Gasteiger partial charge in [-0.25, -0.2) is 0 Å². The van der Waals surface area contributed by atoms with Crippen LogP contribution >= 0.6 is 23.2 Å². The third-order valence-electron chi connectivity index (χ3n) is 5.19. The summed E-state index contributed by atoms with van der Waals surface area (Å²) in [6, 6.07) is 7.52. The van der Waals surface area contributed by atoms with Crippen molar-refractivity contribution >= 4 is 29.2 Å². The molecular weight excluding hydrogens is 413 g/mol. The Balaban J connectivity index is 2.11. The van der Waals surface area contributed by atoms with E-state index in [-0.39, 0.29) is 18.7 Å². The van der Waals surface area contributed by atoms with Crippen molar-refractivity contribution in [3.63, 3.8) is 0 Å². The van der Waals surface area contributed by atoms with E-state index in [1.54, 1.807) is 19.1 Å². The van der Waals surface area contributed by atoms with Crippen molar-refractivity contribution in [1.29, 1.82) is 5.26 Å². The Kier molecular flexibility index (Phi) is 10.2. The summed E-state index contributed by atoms with van der Waals surface area (Å²) in [7, 11) is 0. The summed E-state index contributed by atoms with van der Waals surface area (Å²) in [6.45, 7) is 3.31. The standard InChI is InChI=1S/C22H29Cl2NO4/c1-2-27-21(26)22(10-5-12-25,16-17-8-9-18(23)19(24)15-17)11-6-14-29-20-7-3-4-13-28-20/h8-9,15,20H,2-7,10-11,13-14,16H2,1H3. The van der Waals surface area contributed by atoms with Crippen molar-refractivity contribution in [2.45, 2.75) is 64.6 Å². The molecule has 5 nitrogen and oxygen atoms in total. The molecule has 1 heterocycles. The van der Waals surface area contributed by atoms with Gasteiger partial charge in [0.1, 0.15) is 0 Å². The number of esters is 1. The molecule has 1 aliphatic heterocycles. The van der Waals surface area contributed by atoms with Crippen LogP contribution in [0.1, 0.15) is 57.4 Å². The second kappa shape index (κ2) is 12.4. The van der Waals surface area contributed by atoms with E-state index in [1.165, 1.54) is 0 Å². The molecule has 0 aromatic heterocycles. The number of nitriles is 1. The van der Waals surface area contributed by atoms with E-state index in [4.69, 9.17) is 42.7 Å². The van der Waals surface area contributed by atoms with Gasteiger partial charge in [-0.1, -0.05) is 29.3 Å². The predicted molar refractivity (Wildman–Crippen MR) is 113 cm³/mol. The van der Waals surface area contributed by atoms with Crippen LogP contribution in [0.2, 0.25) is 10.0 Å². The molecule has 0 bridgehead atoms. The molecule has 160 valence electrons. The number of benzene rings is 1. The van der Waals surface area contributed by atoms with Crippen molar-refractivity contribution in [3.8, 4) is 6.07 Å². The Bertz CT molecular complexity index is 701. The fourth-order valence-electron chi connectivity index (χ4n) is 3.67. The molecule has 0 spiro atoms. The average molecular weight is 442 g/mol. The van der Waals surface area contributed by atoms with Crippen molar-refractivity contribution in [2.24, 2.45) is 5.41 Å². The number of rotatable bonds is 11. The van der Waals surface area contributed by atoms with E-state index < -0.39 is 5.41 Å². The van der Waals surface area contributed by atoms with Crippen LogP contribution in [-0.4, -0.2) is 32.1 Å². The first kappa shape index (κ1) is 24.0. The van der Waals surface area contributed by atoms with Gasteiger partial charge in [0.2, 0.25) is 0 Å². The van der Waals surface area contributed by atoms with E-state index in [9.17, 15) is 4.79 Å². The van der Waals surface area contributed by atoms with E-state index in [0.29, 0.717) is 48.9 Å². The lowest BCUT2D eigenvalue weighted by atomic mass is 9.74. The predicted octanol–water partition coefficient (Wildman–Crippen LogP) is 5.71. The van der Waals surface area contributed by atoms with Gasteiger partial charge < -0.3 is 14.2 Å². The summed E-state index contributed by atoms with van der Waals surface area (Å²) >= 11 is 12.2. The maximum absolute atomic E-state index is 13.0. The zero-order valence-electron chi connectivity index (χ0n) is 16.9. The van der Waals surface area contributed by atoms with Crippen LogP contribution in [-0.2, 0) is 25.4 Å². The highest BCUT2D eigenvalue weighted by atomic mass is 35.5. The first-order valence-corrected chi connectivity index (χ1v) is 11.0. The lowest BCUT2D eigenvalue weighted by Crippen LogP contribution is -2.36. The highest BCUT2D eigenvalue weighted by Crippen LogP contribution is 2.37. The molecule has 0 radical (unpaired) electrons. The summed E-state index contributed by atoms with van der Waals surface area (Å²) in [4.78, 5) is 13.0. The maximum atomic E-state index is 13.0. The first-order chi connectivity index (χ1) is 14.0. The molecule has 0 N–H and O–H groups in total. The van der Waals surface area contributed by atoms with Crippen LogP contribution in [0.15, 0.2) is 18.2 Å². The highest BCUT2D eigenvalue weighted by Gasteiger charge is 2.39. The van der Waals surface area contributed by atoms with Gasteiger partial charge in [-0.2, -0.15) is 5.26 Å². The number of nitrogens with zero attached hydrogens (tertiary/aromatic N) is 1. The van der Waals surface area contributed by atoms with Crippen molar-refractivity contribution in [1.82, 2.24) is 0 Å². The molecule has 29 heavy (non-hydrogen) atoms. The molecule has 0 amide bonds. The van der Waals surface area contributed by atoms with Crippen LogP contribution in [0.25, 0.3) is 0 Å². The van der Waals surface area contributed by atoms with Gasteiger partial charge in [0, 0.05) is 19.6 Å². The molecule has 1 aromatic rings. The summed E-state index contributed by atoms with van der Waals surface area (Å²) < 4.78 is 16.8. The molecule has 0 aliphatic carbocycles. The number of ether oxygens (including phenoxy) is 3. The topological polar surface area (TPSA) is 68.6 Å². The number of carbonyl (C=O) groups is 1. The molecule has 1 saturated heterocycles. The Labute approximate surface area is 183 Å². The third kappa shape index (κ3) is 7.46. The SMILES string of the molecule is CCOC(=O)C(CCC#N)(CCCOC1CCCCO1)Cc1ccc(Cl)c(Cl)c1. The molecule has 2 rings (SSSR count). The molecule has 7 heteroatoms. The van der Waals surface area contributed by atoms with Gasteiger partial charge in [-0.3, -0.25) is 4.79 Å². The van der Waals surface area contributed by atoms with E-state index in [1.807, 2.05) is 6.07 Å². The van der Waals surface area contributed by atoms with Gasteiger partial charge in [0.15, 0.2) is 6.29 Å². The van der Waals surface area contributed by atoms with Crippen LogP contribution in [0, 0.1) is 16.7 Å². The highest BCUT2D eigenvalue weighted by molar-refractivity contribution is 6.42. The Morgan fingerprint density at radius 2 is 2.14 bits per heavy atom. The zero-order valence-corrected chi connectivity index (χ0v) is 18.4. The number of hydrogen-bond acceptors (Lipinski definition) is 5. The van der Waals surface area contributed by atoms with Gasteiger partial charge in [-0.05, 0) is 69.6 Å². The minimum atomic E-state index is -0.806. The van der Waals surface area contributed by atoms with Gasteiger partial charge in [-0.15, -0.1) is 0 Å². The second-order valence-corrected chi connectivity index (χ2v) is 8.17. The minimum Gasteiger partial charge on any atom is -0.466 e. The Hall–Kier alpha value is -1.32. The summed E-state index contributed by atoms with van der Waals surface area (Å²) in [6.07, 6.45) is 5.28. The van der Waals surface area contributed by atoms with E-state index in [2.05, 4.69) is 6.07 Å². The molecule has 1 aliphatic rings. The minimum absolute atomic E-state index is 0.157. The van der Waals surface area contributed by atoms with Crippen molar-refractivity contribution in [3.05, 3.63) is 33.8 Å². The largest absolute Gasteiger partial charge is 0.466 e. The monoisotopic (exact) mass is 441 g/mol. The first-order valence-electron chi connectivity index (χ1n) is 10.2. The van der Waals surface area contributed by atoms with Crippen LogP contribution < -0.4 is 0 Å². The zero-order chi connectivity index (χ0) is 21.1. The average Bonchev–Trinajstić information content (AvgIpc) is 2.73. The normalized spacial score (nSPS) is 18.6. The van der Waals surface area contributed by atoms with Gasteiger partial charge >= 0.3 is 5.97 Å². The van der Waals surface area contributed by atoms with Crippen LogP contribution in [0.3, 0.4) is 0 Å². The van der Waals surface area contributed by atoms with Crippen molar-refractivity contribution < 1.29 is 19.0 Å². The quantitative estimate of drug-likeness (QED) is 0.324. The Morgan fingerprint density at radius 3 is 2.79 bits per heavy atom. The van der Waals surface area contributed by atoms with E-state index in [0.717, 1.165) is 31.4 Å². The number of carbonyl (C=O) groups excluding carboxylic acids is 1. The number of halogens is 2. The van der Waals surface area contributed by atoms with Crippen molar-refractivity contribution in [2.75, 3.05) is 19.8 Å². The lowest BCUT2D eigenvalue weighted by Gasteiger charge is -2.31. The van der Waals surface area contributed by atoms with Gasteiger partial charge in [0.25, 0.3) is 0 Å². The van der Waals surface area contributed by atoms with Gasteiger partial charge in [0.05, 0.1) is 28.1 Å². The molecule has 0 saturated carbocycles. The summed E-state index contributed by atoms with van der Waals surface area (Å²) in [5.74, 6) is -0.282. The lowest BCUT2D eigenvalue weighted by molar-refractivity contribution is -0.166. The Morgan fingerprint density at radius 1 is 1.31 bits per heavy atom. The maximum Gasteiger partial charge on any atom is 0.312 e. The number of hydrogen-bond donors (Lipinski definition) is 0. The summed E-state index contributed by atoms with van der Waals surface area (Å²) in [5, 5.41) is 10.1. The van der Waals surface area contributed by atoms with E-state index >= 15 is 0 Å². The molecule has 1 aromatic carbocycles. The molecular formula is C22H29Cl2NO4. The second-order valence-electron chi connectivity index (χ2n) is 7.35. The van der Waals surface area contributed by atoms with Crippen LogP contribution in [0.5, 0.6) is 0 Å². The summed E-state index contributed by atoms with van der Waals surface area (Å²) in [5.41, 5.74) is 0.0848. The van der Waals surface area contributed by atoms with Crippen LogP contribution in [0.4, 0.5) is 0 Å². The smallest absolute Gasteiger partial charge is 0.312 e. The fourth-order valence-corrected chi connectivity index (χ4v) is 3.99. The molecule has 2 unspecified atom stereocenters. The fraction of sp³-hybridized carbons (Fsp3) is 0.636. The third-order valence-corrected chi connectivity index (χ3v) is 5.93. The molecule has 1 fully saturated rings. The molecule has 2 atom stereocenters.